The number of hydrogen-bond donors (Lipinski definition) is 2. The van der Waals surface area contributed by atoms with Gasteiger partial charge in [0.2, 0.25) is 0 Å². The van der Waals surface area contributed by atoms with Gasteiger partial charge in [-0.2, -0.15) is 0 Å². The van der Waals surface area contributed by atoms with Crippen molar-refractivity contribution < 1.29 is 0 Å². The Labute approximate surface area is 176 Å². The summed E-state index contributed by atoms with van der Waals surface area (Å²) in [5, 5.41) is 8.73. The van der Waals surface area contributed by atoms with E-state index in [1.54, 1.807) is 0 Å². The van der Waals surface area contributed by atoms with E-state index in [2.05, 4.69) is 45.5 Å². The van der Waals surface area contributed by atoms with Gasteiger partial charge in [0.15, 0.2) is 11.5 Å². The first kappa shape index (κ1) is 19.6. The van der Waals surface area contributed by atoms with Gasteiger partial charge in [-0.15, -0.1) is 24.2 Å². The summed E-state index contributed by atoms with van der Waals surface area (Å²) in [6.45, 7) is 2.98. The quantitative estimate of drug-likeness (QED) is 0.621. The number of fused-ring (bicyclic) bond motifs is 1. The predicted molar refractivity (Wildman–Crippen MR) is 118 cm³/mol. The van der Waals surface area contributed by atoms with Crippen LogP contribution >= 0.6 is 24.2 Å². The molecule has 3 aromatic rings. The molecule has 0 radical (unpaired) electrons. The van der Waals surface area contributed by atoms with Gasteiger partial charge in [0.1, 0.15) is 5.03 Å². The van der Waals surface area contributed by atoms with Crippen molar-refractivity contribution in [2.75, 3.05) is 18.4 Å². The monoisotopic (exact) mass is 415 g/mol. The lowest BCUT2D eigenvalue weighted by atomic mass is 10.2. The molecule has 0 atom stereocenters. The first-order valence-electron chi connectivity index (χ1n) is 9.90. The normalized spacial score (nSPS) is 17.4. The highest BCUT2D eigenvalue weighted by Gasteiger charge is 2.28. The smallest absolute Gasteiger partial charge is 0.180 e. The SMILES string of the molecule is Cl.c1ccc(CNc2nc(SC3CCNCC3)cn3c(C4CC4)cnc23)cc1. The van der Waals surface area contributed by atoms with Crippen molar-refractivity contribution in [2.24, 2.45) is 0 Å². The van der Waals surface area contributed by atoms with Crippen LogP contribution in [-0.2, 0) is 6.54 Å². The van der Waals surface area contributed by atoms with Crippen LogP contribution in [0.25, 0.3) is 5.65 Å². The van der Waals surface area contributed by atoms with E-state index in [9.17, 15) is 0 Å². The van der Waals surface area contributed by atoms with Crippen molar-refractivity contribution in [3.8, 4) is 0 Å². The molecule has 1 saturated heterocycles. The molecule has 7 heteroatoms. The highest BCUT2D eigenvalue weighted by atomic mass is 35.5. The van der Waals surface area contributed by atoms with Crippen LogP contribution < -0.4 is 10.6 Å². The summed E-state index contributed by atoms with van der Waals surface area (Å²) < 4.78 is 2.28. The van der Waals surface area contributed by atoms with E-state index >= 15 is 0 Å². The number of hydrogen-bond acceptors (Lipinski definition) is 5. The molecule has 2 fully saturated rings. The van der Waals surface area contributed by atoms with Crippen molar-refractivity contribution >= 4 is 35.6 Å². The van der Waals surface area contributed by atoms with Gasteiger partial charge in [0.25, 0.3) is 0 Å². The summed E-state index contributed by atoms with van der Waals surface area (Å²) in [5.74, 6) is 1.56. The average Bonchev–Trinajstić information content (AvgIpc) is 3.47. The van der Waals surface area contributed by atoms with Crippen molar-refractivity contribution in [2.45, 2.75) is 48.4 Å². The molecule has 1 aliphatic heterocycles. The fourth-order valence-corrected chi connectivity index (χ4v) is 4.83. The molecule has 1 aromatic carbocycles. The topological polar surface area (TPSA) is 54.2 Å². The number of benzene rings is 1. The lowest BCUT2D eigenvalue weighted by Crippen LogP contribution is -2.29. The third kappa shape index (κ3) is 4.29. The minimum absolute atomic E-state index is 0. The summed E-state index contributed by atoms with van der Waals surface area (Å²) in [4.78, 5) is 9.65. The Kier molecular flexibility index (Phi) is 6.09. The number of piperidine rings is 1. The van der Waals surface area contributed by atoms with Crippen molar-refractivity contribution in [1.29, 1.82) is 0 Å². The van der Waals surface area contributed by atoms with Crippen LogP contribution in [0.5, 0.6) is 0 Å². The van der Waals surface area contributed by atoms with Gasteiger partial charge < -0.3 is 10.6 Å². The Morgan fingerprint density at radius 1 is 1.11 bits per heavy atom. The number of anilines is 1. The highest BCUT2D eigenvalue weighted by Crippen LogP contribution is 2.41. The Hall–Kier alpha value is -1.76. The molecule has 0 unspecified atom stereocenters. The lowest BCUT2D eigenvalue weighted by molar-refractivity contribution is 0.531. The van der Waals surface area contributed by atoms with Crippen molar-refractivity contribution in [3.05, 3.63) is 54.0 Å². The molecule has 2 aromatic heterocycles. The van der Waals surface area contributed by atoms with E-state index in [1.165, 1.54) is 36.9 Å². The van der Waals surface area contributed by atoms with Crippen LogP contribution in [0.1, 0.15) is 42.9 Å². The molecule has 0 spiro atoms. The highest BCUT2D eigenvalue weighted by molar-refractivity contribution is 7.99. The summed E-state index contributed by atoms with van der Waals surface area (Å²) in [5.41, 5.74) is 3.53. The molecule has 1 aliphatic carbocycles. The zero-order valence-electron chi connectivity index (χ0n) is 15.8. The van der Waals surface area contributed by atoms with E-state index in [0.717, 1.165) is 36.1 Å². The molecule has 2 N–H and O–H groups in total. The molecule has 0 bridgehead atoms. The number of nitrogens with one attached hydrogen (secondary N) is 2. The molecule has 1 saturated carbocycles. The Bertz CT molecular complexity index is 919. The first-order valence-corrected chi connectivity index (χ1v) is 10.8. The maximum Gasteiger partial charge on any atom is 0.180 e. The molecule has 0 amide bonds. The molecule has 28 heavy (non-hydrogen) atoms. The van der Waals surface area contributed by atoms with Gasteiger partial charge in [-0.1, -0.05) is 30.3 Å². The molecule has 148 valence electrons. The number of imidazole rings is 1. The standard InChI is InChI=1S/C21H25N5S.ClH/c1-2-4-15(5-3-1)12-23-20-21-24-13-18(16-6-7-16)26(21)14-19(25-20)27-17-8-10-22-11-9-17;/h1-5,13-14,16-17,22H,6-12H2,(H,23,25);1H. The van der Waals surface area contributed by atoms with Gasteiger partial charge in [-0.05, 0) is 44.3 Å². The van der Waals surface area contributed by atoms with E-state index in [0.29, 0.717) is 11.2 Å². The fourth-order valence-electron chi connectivity index (χ4n) is 3.71. The molecule has 5 nitrogen and oxygen atoms in total. The number of halogens is 1. The van der Waals surface area contributed by atoms with Gasteiger partial charge in [0.05, 0.1) is 0 Å². The second kappa shape index (κ2) is 8.72. The Morgan fingerprint density at radius 2 is 1.89 bits per heavy atom. The van der Waals surface area contributed by atoms with Crippen molar-refractivity contribution in [3.63, 3.8) is 0 Å². The van der Waals surface area contributed by atoms with Gasteiger partial charge >= 0.3 is 0 Å². The van der Waals surface area contributed by atoms with Gasteiger partial charge in [-0.25, -0.2) is 9.97 Å². The third-order valence-corrected chi connectivity index (χ3v) is 6.61. The number of aromatic nitrogens is 3. The van der Waals surface area contributed by atoms with Crippen LogP contribution in [0.15, 0.2) is 47.8 Å². The first-order chi connectivity index (χ1) is 13.4. The number of nitrogens with zero attached hydrogens (tertiary/aromatic N) is 3. The maximum absolute atomic E-state index is 4.95. The van der Waals surface area contributed by atoms with Crippen molar-refractivity contribution in [1.82, 2.24) is 19.7 Å². The van der Waals surface area contributed by atoms with Crippen LogP contribution in [-0.4, -0.2) is 32.7 Å². The largest absolute Gasteiger partial charge is 0.363 e. The van der Waals surface area contributed by atoms with Gasteiger partial charge in [0, 0.05) is 35.8 Å². The fraction of sp³-hybridized carbons (Fsp3) is 0.429. The summed E-state index contributed by atoms with van der Waals surface area (Å²) in [7, 11) is 0. The molecule has 3 heterocycles. The lowest BCUT2D eigenvalue weighted by Gasteiger charge is -2.22. The van der Waals surface area contributed by atoms with E-state index in [-0.39, 0.29) is 12.4 Å². The molecule has 5 rings (SSSR count). The number of rotatable bonds is 6. The van der Waals surface area contributed by atoms with Crippen LogP contribution in [0.4, 0.5) is 5.82 Å². The summed E-state index contributed by atoms with van der Waals surface area (Å²) in [6, 6.07) is 10.5. The third-order valence-electron chi connectivity index (χ3n) is 5.37. The molecular formula is C21H26ClN5S. The number of thioether (sulfide) groups is 1. The van der Waals surface area contributed by atoms with E-state index in [1.807, 2.05) is 24.0 Å². The minimum atomic E-state index is 0. The second-order valence-corrected chi connectivity index (χ2v) is 8.81. The summed E-state index contributed by atoms with van der Waals surface area (Å²) in [6.07, 6.45) is 9.21. The van der Waals surface area contributed by atoms with Crippen LogP contribution in [0, 0.1) is 0 Å². The maximum atomic E-state index is 4.95. The molecular weight excluding hydrogens is 390 g/mol. The predicted octanol–water partition coefficient (Wildman–Crippen LogP) is 4.48. The van der Waals surface area contributed by atoms with E-state index < -0.39 is 0 Å². The Balaban J connectivity index is 0.00000192. The zero-order chi connectivity index (χ0) is 18.1. The van der Waals surface area contributed by atoms with Crippen LogP contribution in [0.2, 0.25) is 0 Å². The Morgan fingerprint density at radius 3 is 2.64 bits per heavy atom. The van der Waals surface area contributed by atoms with Crippen LogP contribution in [0.3, 0.4) is 0 Å². The average molecular weight is 416 g/mol. The minimum Gasteiger partial charge on any atom is -0.363 e. The molecule has 2 aliphatic rings. The second-order valence-electron chi connectivity index (χ2n) is 7.49. The zero-order valence-corrected chi connectivity index (χ0v) is 17.4. The summed E-state index contributed by atoms with van der Waals surface area (Å²) >= 11 is 1.92. The van der Waals surface area contributed by atoms with Gasteiger partial charge in [-0.3, -0.25) is 4.40 Å². The van der Waals surface area contributed by atoms with E-state index in [4.69, 9.17) is 9.97 Å².